The summed E-state index contributed by atoms with van der Waals surface area (Å²) < 4.78 is 5.54. The first kappa shape index (κ1) is 14.1. The van der Waals surface area contributed by atoms with Crippen LogP contribution < -0.4 is 10.1 Å². The van der Waals surface area contributed by atoms with Gasteiger partial charge in [0, 0.05) is 17.3 Å². The van der Waals surface area contributed by atoms with Crippen LogP contribution in [0.15, 0.2) is 36.7 Å². The number of hydrogen-bond acceptors (Lipinski definition) is 3. The third kappa shape index (κ3) is 3.60. The van der Waals surface area contributed by atoms with E-state index in [4.69, 9.17) is 4.74 Å². The van der Waals surface area contributed by atoms with Crippen LogP contribution in [0.3, 0.4) is 0 Å². The van der Waals surface area contributed by atoms with E-state index in [-0.39, 0.29) is 18.1 Å². The minimum atomic E-state index is -0.116. The van der Waals surface area contributed by atoms with Crippen LogP contribution in [-0.2, 0) is 0 Å². The van der Waals surface area contributed by atoms with Crippen LogP contribution in [0.1, 0.15) is 42.7 Å². The van der Waals surface area contributed by atoms with E-state index in [0.717, 1.165) is 11.3 Å². The second-order valence-corrected chi connectivity index (χ2v) is 4.92. The van der Waals surface area contributed by atoms with E-state index in [1.165, 1.54) is 0 Å². The van der Waals surface area contributed by atoms with Crippen LogP contribution in [0, 0.1) is 0 Å². The molecule has 0 saturated heterocycles. The van der Waals surface area contributed by atoms with E-state index >= 15 is 0 Å². The molecule has 0 fully saturated rings. The lowest BCUT2D eigenvalue weighted by Crippen LogP contribution is -2.26. The standard InChI is InChI=1S/C15H19N3O2/c1-10(2)20-14-6-4-12(5-7-14)15(19)18-11(3)13-8-16-17-9-13/h4-11H,1-3H3,(H,16,17)(H,18,19). The number of aromatic nitrogens is 2. The van der Waals surface area contributed by atoms with Gasteiger partial charge in [-0.25, -0.2) is 0 Å². The van der Waals surface area contributed by atoms with Crippen LogP contribution in [0.2, 0.25) is 0 Å². The summed E-state index contributed by atoms with van der Waals surface area (Å²) in [5, 5.41) is 9.52. The molecule has 1 amide bonds. The molecule has 1 unspecified atom stereocenters. The fraction of sp³-hybridized carbons (Fsp3) is 0.333. The Morgan fingerprint density at radius 1 is 1.25 bits per heavy atom. The SMILES string of the molecule is CC(C)Oc1ccc(C(=O)NC(C)c2cn[nH]c2)cc1. The normalized spacial score (nSPS) is 12.2. The number of ether oxygens (including phenoxy) is 1. The summed E-state index contributed by atoms with van der Waals surface area (Å²) >= 11 is 0. The van der Waals surface area contributed by atoms with Gasteiger partial charge in [0.05, 0.1) is 18.3 Å². The highest BCUT2D eigenvalue weighted by Gasteiger charge is 2.12. The van der Waals surface area contributed by atoms with E-state index in [9.17, 15) is 4.79 Å². The van der Waals surface area contributed by atoms with Gasteiger partial charge in [-0.05, 0) is 45.0 Å². The molecule has 2 N–H and O–H groups in total. The summed E-state index contributed by atoms with van der Waals surface area (Å²) in [5.41, 5.74) is 1.55. The van der Waals surface area contributed by atoms with E-state index in [0.29, 0.717) is 5.56 Å². The summed E-state index contributed by atoms with van der Waals surface area (Å²) in [4.78, 5) is 12.1. The molecule has 0 bridgehead atoms. The van der Waals surface area contributed by atoms with Crippen molar-refractivity contribution in [3.63, 3.8) is 0 Å². The van der Waals surface area contributed by atoms with Crippen molar-refractivity contribution in [1.29, 1.82) is 0 Å². The third-order valence-electron chi connectivity index (χ3n) is 2.86. The molecule has 5 nitrogen and oxygen atoms in total. The predicted molar refractivity (Wildman–Crippen MR) is 76.7 cm³/mol. The fourth-order valence-corrected chi connectivity index (χ4v) is 1.82. The zero-order chi connectivity index (χ0) is 14.5. The van der Waals surface area contributed by atoms with Crippen molar-refractivity contribution in [3.05, 3.63) is 47.8 Å². The van der Waals surface area contributed by atoms with Gasteiger partial charge in [0.2, 0.25) is 0 Å². The Labute approximate surface area is 118 Å². The van der Waals surface area contributed by atoms with Crippen molar-refractivity contribution < 1.29 is 9.53 Å². The number of carbonyl (C=O) groups is 1. The Morgan fingerprint density at radius 2 is 1.95 bits per heavy atom. The molecule has 1 heterocycles. The maximum absolute atomic E-state index is 12.1. The molecular weight excluding hydrogens is 254 g/mol. The van der Waals surface area contributed by atoms with Crippen molar-refractivity contribution in [2.24, 2.45) is 0 Å². The van der Waals surface area contributed by atoms with Crippen molar-refractivity contribution in [2.75, 3.05) is 0 Å². The van der Waals surface area contributed by atoms with E-state index < -0.39 is 0 Å². The van der Waals surface area contributed by atoms with Crippen molar-refractivity contribution in [1.82, 2.24) is 15.5 Å². The number of amides is 1. The Kier molecular flexibility index (Phi) is 4.40. The molecule has 2 aromatic rings. The summed E-state index contributed by atoms with van der Waals surface area (Å²) in [7, 11) is 0. The summed E-state index contributed by atoms with van der Waals surface area (Å²) in [6.45, 7) is 5.85. The number of nitrogens with one attached hydrogen (secondary N) is 2. The van der Waals surface area contributed by atoms with Gasteiger partial charge in [0.15, 0.2) is 0 Å². The van der Waals surface area contributed by atoms with Crippen molar-refractivity contribution in [2.45, 2.75) is 32.9 Å². The summed E-state index contributed by atoms with van der Waals surface area (Å²) in [5.74, 6) is 0.647. The first-order valence-corrected chi connectivity index (χ1v) is 6.62. The minimum absolute atomic E-state index is 0.0900. The Balaban J connectivity index is 1.99. The number of rotatable bonds is 5. The summed E-state index contributed by atoms with van der Waals surface area (Å²) in [6, 6.07) is 7.03. The van der Waals surface area contributed by atoms with Gasteiger partial charge in [-0.2, -0.15) is 5.10 Å². The van der Waals surface area contributed by atoms with Gasteiger partial charge in [-0.15, -0.1) is 0 Å². The van der Waals surface area contributed by atoms with Crippen molar-refractivity contribution in [3.8, 4) is 5.75 Å². The third-order valence-corrected chi connectivity index (χ3v) is 2.86. The molecule has 2 rings (SSSR count). The van der Waals surface area contributed by atoms with Gasteiger partial charge in [-0.1, -0.05) is 0 Å². The van der Waals surface area contributed by atoms with Crippen LogP contribution in [0.4, 0.5) is 0 Å². The lowest BCUT2D eigenvalue weighted by atomic mass is 10.1. The summed E-state index contributed by atoms with van der Waals surface area (Å²) in [6.07, 6.45) is 3.59. The average Bonchev–Trinajstić information content (AvgIpc) is 2.92. The van der Waals surface area contributed by atoms with E-state index in [2.05, 4.69) is 15.5 Å². The van der Waals surface area contributed by atoms with Gasteiger partial charge in [-0.3, -0.25) is 9.89 Å². The zero-order valence-corrected chi connectivity index (χ0v) is 11.9. The first-order chi connectivity index (χ1) is 9.56. The maximum atomic E-state index is 12.1. The Bertz CT molecular complexity index is 547. The predicted octanol–water partition coefficient (Wildman–Crippen LogP) is 2.69. The Hall–Kier alpha value is -2.30. The van der Waals surface area contributed by atoms with Crippen LogP contribution in [0.25, 0.3) is 0 Å². The van der Waals surface area contributed by atoms with Gasteiger partial charge < -0.3 is 10.1 Å². The van der Waals surface area contributed by atoms with E-state index in [1.807, 2.05) is 20.8 Å². The molecule has 0 aliphatic carbocycles. The Morgan fingerprint density at radius 3 is 2.50 bits per heavy atom. The molecule has 0 saturated carbocycles. The molecule has 1 aromatic heterocycles. The second kappa shape index (κ2) is 6.23. The molecule has 106 valence electrons. The number of carbonyl (C=O) groups excluding carboxylic acids is 1. The van der Waals surface area contributed by atoms with E-state index in [1.54, 1.807) is 36.7 Å². The molecule has 1 aromatic carbocycles. The molecular formula is C15H19N3O2. The molecule has 5 heteroatoms. The lowest BCUT2D eigenvalue weighted by Gasteiger charge is -2.13. The smallest absolute Gasteiger partial charge is 0.251 e. The highest BCUT2D eigenvalue weighted by Crippen LogP contribution is 2.15. The quantitative estimate of drug-likeness (QED) is 0.880. The average molecular weight is 273 g/mol. The monoisotopic (exact) mass is 273 g/mol. The van der Waals surface area contributed by atoms with Gasteiger partial charge >= 0.3 is 0 Å². The minimum Gasteiger partial charge on any atom is -0.491 e. The van der Waals surface area contributed by atoms with Crippen LogP contribution >= 0.6 is 0 Å². The topological polar surface area (TPSA) is 67.0 Å². The van der Waals surface area contributed by atoms with Gasteiger partial charge in [0.1, 0.15) is 5.75 Å². The molecule has 0 spiro atoms. The molecule has 20 heavy (non-hydrogen) atoms. The molecule has 0 radical (unpaired) electrons. The zero-order valence-electron chi connectivity index (χ0n) is 11.9. The van der Waals surface area contributed by atoms with Crippen LogP contribution in [0.5, 0.6) is 5.75 Å². The fourth-order valence-electron chi connectivity index (χ4n) is 1.82. The second-order valence-electron chi connectivity index (χ2n) is 4.92. The number of benzene rings is 1. The maximum Gasteiger partial charge on any atom is 0.251 e. The number of hydrogen-bond donors (Lipinski definition) is 2. The largest absolute Gasteiger partial charge is 0.491 e. The molecule has 1 atom stereocenters. The highest BCUT2D eigenvalue weighted by molar-refractivity contribution is 5.94. The number of nitrogens with zero attached hydrogens (tertiary/aromatic N) is 1. The highest BCUT2D eigenvalue weighted by atomic mass is 16.5. The molecule has 0 aliphatic rings. The first-order valence-electron chi connectivity index (χ1n) is 6.62. The van der Waals surface area contributed by atoms with Crippen LogP contribution in [-0.4, -0.2) is 22.2 Å². The van der Waals surface area contributed by atoms with Crippen molar-refractivity contribution >= 4 is 5.91 Å². The molecule has 0 aliphatic heterocycles. The lowest BCUT2D eigenvalue weighted by molar-refractivity contribution is 0.0940. The number of H-pyrrole nitrogens is 1. The van der Waals surface area contributed by atoms with Gasteiger partial charge in [0.25, 0.3) is 5.91 Å². The number of aromatic amines is 1.